The van der Waals surface area contributed by atoms with E-state index in [4.69, 9.17) is 10.5 Å². The first-order valence-corrected chi connectivity index (χ1v) is 8.01. The van der Waals surface area contributed by atoms with Gasteiger partial charge in [-0.2, -0.15) is 0 Å². The molecule has 112 valence electrons. The minimum Gasteiger partial charge on any atom is -0.399 e. The van der Waals surface area contributed by atoms with Crippen molar-refractivity contribution in [2.24, 2.45) is 0 Å². The summed E-state index contributed by atoms with van der Waals surface area (Å²) in [6, 6.07) is 5.01. The van der Waals surface area contributed by atoms with Crippen LogP contribution in [0.1, 0.15) is 12.0 Å². The van der Waals surface area contributed by atoms with E-state index >= 15 is 0 Å². The molecule has 0 bridgehead atoms. The third-order valence-corrected chi connectivity index (χ3v) is 4.29. The van der Waals surface area contributed by atoms with Gasteiger partial charge >= 0.3 is 0 Å². The van der Waals surface area contributed by atoms with Crippen LogP contribution in [0.5, 0.6) is 0 Å². The molecule has 0 atom stereocenters. The Balaban J connectivity index is 2.59. The van der Waals surface area contributed by atoms with Gasteiger partial charge < -0.3 is 15.8 Å². The molecule has 7 heteroatoms. The SMILES string of the molecule is COCCCS(=O)(=O)CC(=O)Nc1ccc(N)cc1C. The molecule has 3 N–H and O–H groups in total. The summed E-state index contributed by atoms with van der Waals surface area (Å²) in [5.41, 5.74) is 7.55. The van der Waals surface area contributed by atoms with Gasteiger partial charge in [0.25, 0.3) is 0 Å². The van der Waals surface area contributed by atoms with E-state index in [0.717, 1.165) is 5.56 Å². The van der Waals surface area contributed by atoms with E-state index < -0.39 is 21.5 Å². The van der Waals surface area contributed by atoms with Gasteiger partial charge in [0.05, 0.1) is 5.75 Å². The maximum atomic E-state index is 11.7. The van der Waals surface area contributed by atoms with Crippen LogP contribution in [0, 0.1) is 6.92 Å². The lowest BCUT2D eigenvalue weighted by atomic mass is 10.2. The second-order valence-corrected chi connectivity index (χ2v) is 6.74. The van der Waals surface area contributed by atoms with Crippen molar-refractivity contribution in [3.63, 3.8) is 0 Å². The summed E-state index contributed by atoms with van der Waals surface area (Å²) in [4.78, 5) is 11.7. The highest BCUT2D eigenvalue weighted by Gasteiger charge is 2.17. The topological polar surface area (TPSA) is 98.5 Å². The lowest BCUT2D eigenvalue weighted by Gasteiger charge is -2.09. The van der Waals surface area contributed by atoms with Gasteiger partial charge in [0, 0.05) is 25.1 Å². The summed E-state index contributed by atoms with van der Waals surface area (Å²) in [6.07, 6.45) is 0.382. The summed E-state index contributed by atoms with van der Waals surface area (Å²) in [5.74, 6) is -1.13. The number of nitrogen functional groups attached to an aromatic ring is 1. The predicted molar refractivity (Wildman–Crippen MR) is 79.4 cm³/mol. The van der Waals surface area contributed by atoms with Crippen molar-refractivity contribution in [3.05, 3.63) is 23.8 Å². The quantitative estimate of drug-likeness (QED) is 0.577. The molecule has 6 nitrogen and oxygen atoms in total. The van der Waals surface area contributed by atoms with Crippen molar-refractivity contribution in [3.8, 4) is 0 Å². The Morgan fingerprint density at radius 3 is 2.70 bits per heavy atom. The summed E-state index contributed by atoms with van der Waals surface area (Å²) in [6.45, 7) is 2.15. The summed E-state index contributed by atoms with van der Waals surface area (Å²) >= 11 is 0. The smallest absolute Gasteiger partial charge is 0.239 e. The van der Waals surface area contributed by atoms with E-state index in [9.17, 15) is 13.2 Å². The van der Waals surface area contributed by atoms with E-state index in [1.807, 2.05) is 0 Å². The molecule has 0 aliphatic heterocycles. The van der Waals surface area contributed by atoms with Crippen LogP contribution in [0.2, 0.25) is 0 Å². The number of methoxy groups -OCH3 is 1. The number of amides is 1. The number of hydrogen-bond donors (Lipinski definition) is 2. The second kappa shape index (κ2) is 7.25. The minimum absolute atomic E-state index is 0.0605. The zero-order chi connectivity index (χ0) is 15.2. The molecule has 20 heavy (non-hydrogen) atoms. The number of anilines is 2. The fourth-order valence-electron chi connectivity index (χ4n) is 1.71. The lowest BCUT2D eigenvalue weighted by Crippen LogP contribution is -2.25. The molecule has 1 rings (SSSR count). The van der Waals surface area contributed by atoms with Crippen LogP contribution < -0.4 is 11.1 Å². The van der Waals surface area contributed by atoms with E-state index in [1.165, 1.54) is 7.11 Å². The van der Waals surface area contributed by atoms with Gasteiger partial charge in [-0.3, -0.25) is 4.79 Å². The molecule has 0 spiro atoms. The van der Waals surface area contributed by atoms with Gasteiger partial charge in [-0.1, -0.05) is 0 Å². The monoisotopic (exact) mass is 300 g/mol. The van der Waals surface area contributed by atoms with Crippen molar-refractivity contribution in [1.82, 2.24) is 0 Å². The largest absolute Gasteiger partial charge is 0.399 e. The van der Waals surface area contributed by atoms with Crippen molar-refractivity contribution in [2.75, 3.05) is 36.3 Å². The lowest BCUT2D eigenvalue weighted by molar-refractivity contribution is -0.113. The van der Waals surface area contributed by atoms with Crippen LogP contribution >= 0.6 is 0 Å². The van der Waals surface area contributed by atoms with Crippen molar-refractivity contribution < 1.29 is 17.9 Å². The Bertz CT molecular complexity index is 570. The first-order chi connectivity index (χ1) is 9.34. The number of sulfone groups is 1. The number of carbonyl (C=O) groups is 1. The van der Waals surface area contributed by atoms with Crippen LogP contribution in [0.3, 0.4) is 0 Å². The van der Waals surface area contributed by atoms with Crippen LogP contribution in [0.25, 0.3) is 0 Å². The highest BCUT2D eigenvalue weighted by atomic mass is 32.2. The molecule has 1 aromatic rings. The van der Waals surface area contributed by atoms with Crippen LogP contribution in [-0.4, -0.2) is 39.5 Å². The number of carbonyl (C=O) groups excluding carboxylic acids is 1. The Hall–Kier alpha value is -1.60. The number of aryl methyl sites for hydroxylation is 1. The van der Waals surface area contributed by atoms with Gasteiger partial charge in [-0.25, -0.2) is 8.42 Å². The molecule has 0 aliphatic carbocycles. The fraction of sp³-hybridized carbons (Fsp3) is 0.462. The van der Waals surface area contributed by atoms with E-state index in [2.05, 4.69) is 5.32 Å². The zero-order valence-electron chi connectivity index (χ0n) is 11.7. The Kier molecular flexibility index (Phi) is 5.97. The Labute approximate surface area is 119 Å². The molecule has 0 fully saturated rings. The van der Waals surface area contributed by atoms with Crippen LogP contribution in [0.15, 0.2) is 18.2 Å². The predicted octanol–water partition coefficient (Wildman–Crippen LogP) is 0.967. The molecular formula is C13H20N2O4S. The molecule has 0 aromatic heterocycles. The number of rotatable bonds is 7. The Morgan fingerprint density at radius 1 is 1.40 bits per heavy atom. The van der Waals surface area contributed by atoms with E-state index in [1.54, 1.807) is 25.1 Å². The van der Waals surface area contributed by atoms with E-state index in [-0.39, 0.29) is 5.75 Å². The number of ether oxygens (including phenoxy) is 1. The number of nitrogens with one attached hydrogen (secondary N) is 1. The number of hydrogen-bond acceptors (Lipinski definition) is 5. The van der Waals surface area contributed by atoms with Crippen molar-refractivity contribution in [1.29, 1.82) is 0 Å². The molecule has 0 saturated carbocycles. The number of nitrogens with two attached hydrogens (primary N) is 1. The first-order valence-electron chi connectivity index (χ1n) is 6.19. The molecular weight excluding hydrogens is 280 g/mol. The summed E-state index contributed by atoms with van der Waals surface area (Å²) in [7, 11) is -1.91. The molecule has 0 heterocycles. The second-order valence-electron chi connectivity index (χ2n) is 4.56. The third-order valence-electron chi connectivity index (χ3n) is 2.68. The van der Waals surface area contributed by atoms with Crippen molar-refractivity contribution >= 4 is 27.1 Å². The molecule has 0 saturated heterocycles. The maximum Gasteiger partial charge on any atom is 0.239 e. The van der Waals surface area contributed by atoms with Gasteiger partial charge in [0.15, 0.2) is 9.84 Å². The standard InChI is InChI=1S/C13H20N2O4S/c1-10-8-11(14)4-5-12(10)15-13(16)9-20(17,18)7-3-6-19-2/h4-5,8H,3,6-7,9,14H2,1-2H3,(H,15,16). The van der Waals surface area contributed by atoms with Gasteiger partial charge in [-0.15, -0.1) is 0 Å². The maximum absolute atomic E-state index is 11.7. The van der Waals surface area contributed by atoms with Gasteiger partial charge in [0.2, 0.25) is 5.91 Å². The summed E-state index contributed by atoms with van der Waals surface area (Å²) < 4.78 is 28.2. The van der Waals surface area contributed by atoms with Gasteiger partial charge in [0.1, 0.15) is 5.75 Å². The first kappa shape index (κ1) is 16.5. The molecule has 0 radical (unpaired) electrons. The molecule has 0 aliphatic rings. The highest BCUT2D eigenvalue weighted by Crippen LogP contribution is 2.17. The zero-order valence-corrected chi connectivity index (χ0v) is 12.5. The third kappa shape index (κ3) is 5.58. The average molecular weight is 300 g/mol. The molecule has 0 unspecified atom stereocenters. The van der Waals surface area contributed by atoms with Crippen LogP contribution in [-0.2, 0) is 19.4 Å². The number of benzene rings is 1. The van der Waals surface area contributed by atoms with Crippen molar-refractivity contribution in [2.45, 2.75) is 13.3 Å². The molecule has 1 amide bonds. The summed E-state index contributed by atoms with van der Waals surface area (Å²) in [5, 5.41) is 2.58. The highest BCUT2D eigenvalue weighted by molar-refractivity contribution is 7.92. The average Bonchev–Trinajstić information content (AvgIpc) is 2.32. The fourth-order valence-corrected chi connectivity index (χ4v) is 2.88. The van der Waals surface area contributed by atoms with E-state index in [0.29, 0.717) is 24.4 Å². The molecule has 1 aromatic carbocycles. The normalized spacial score (nSPS) is 11.3. The minimum atomic E-state index is -3.41. The Morgan fingerprint density at radius 2 is 2.10 bits per heavy atom. The van der Waals surface area contributed by atoms with Gasteiger partial charge in [-0.05, 0) is 37.1 Å². The van der Waals surface area contributed by atoms with Crippen LogP contribution in [0.4, 0.5) is 11.4 Å².